The zero-order chi connectivity index (χ0) is 33.8. The molecule has 2 heterocycles. The van der Waals surface area contributed by atoms with Gasteiger partial charge in [0.15, 0.2) is 17.5 Å². The Bertz CT molecular complexity index is 2400. The van der Waals surface area contributed by atoms with Gasteiger partial charge in [0.1, 0.15) is 0 Å². The average Bonchev–Trinajstić information content (AvgIpc) is 3.49. The van der Waals surface area contributed by atoms with Gasteiger partial charge in [-0.3, -0.25) is 0 Å². The van der Waals surface area contributed by atoms with Gasteiger partial charge in [0, 0.05) is 33.2 Å². The molecular weight excluding hydrogens is 611 g/mol. The Morgan fingerprint density at radius 2 is 1.28 bits per heavy atom. The summed E-state index contributed by atoms with van der Waals surface area (Å²) in [4.78, 5) is 15.4. The number of benzene rings is 5. The molecule has 2 bridgehead atoms. The maximum Gasteiger partial charge on any atom is 0.164 e. The van der Waals surface area contributed by atoms with E-state index in [0.29, 0.717) is 23.0 Å². The van der Waals surface area contributed by atoms with Crippen molar-refractivity contribution in [2.45, 2.75) is 51.4 Å². The third-order valence-electron chi connectivity index (χ3n) is 11.2. The van der Waals surface area contributed by atoms with Gasteiger partial charge in [-0.2, -0.15) is 5.26 Å². The molecular formula is C45H39N5. The fourth-order valence-corrected chi connectivity index (χ4v) is 9.57. The van der Waals surface area contributed by atoms with Crippen molar-refractivity contribution in [1.29, 1.82) is 5.26 Å². The van der Waals surface area contributed by atoms with Crippen molar-refractivity contribution >= 4 is 21.8 Å². The lowest BCUT2D eigenvalue weighted by atomic mass is 9.54. The molecule has 5 nitrogen and oxygen atoms in total. The van der Waals surface area contributed by atoms with Crippen LogP contribution in [0.4, 0.5) is 0 Å². The molecule has 9 rings (SSSR count). The highest BCUT2D eigenvalue weighted by Gasteiger charge is 2.45. The quantitative estimate of drug-likeness (QED) is 0.186. The topological polar surface area (TPSA) is 67.4 Å². The van der Waals surface area contributed by atoms with E-state index < -0.39 is 0 Å². The van der Waals surface area contributed by atoms with Crippen LogP contribution in [0.2, 0.25) is 0 Å². The van der Waals surface area contributed by atoms with Crippen LogP contribution in [-0.4, -0.2) is 19.5 Å². The summed E-state index contributed by atoms with van der Waals surface area (Å²) in [5, 5.41) is 11.9. The highest BCUT2D eigenvalue weighted by molar-refractivity contribution is 6.15. The smallest absolute Gasteiger partial charge is 0.164 e. The van der Waals surface area contributed by atoms with Gasteiger partial charge in [-0.1, -0.05) is 105 Å². The molecule has 4 atom stereocenters. The molecule has 2 saturated carbocycles. The number of nitriles is 1. The second kappa shape index (κ2) is 12.1. The molecule has 2 aliphatic rings. The third-order valence-corrected chi connectivity index (χ3v) is 11.2. The standard InChI is InChI=1S/C45H39N5/c1-29-22-32-23-30(2)26-45(25-29,27-32)35-20-18-34(19-21-35)43-47-42(33-11-4-3-5-12-33)48-44(49-43)38-15-9-17-40-41(38)37-14-6-7-16-39(37)50(40)36-13-8-10-31(24-36)28-46/h3-21,24,29-30,32H,22-23,25-27H2,1-2H3/t29-,30+,32-,45?. The number of fused-ring (bicyclic) bond motifs is 5. The molecule has 5 heteroatoms. The molecule has 5 aromatic carbocycles. The van der Waals surface area contributed by atoms with Crippen LogP contribution in [0.1, 0.15) is 57.1 Å². The normalized spacial score (nSPS) is 21.7. The van der Waals surface area contributed by atoms with E-state index in [9.17, 15) is 5.26 Å². The van der Waals surface area contributed by atoms with E-state index >= 15 is 0 Å². The first kappa shape index (κ1) is 30.5. The van der Waals surface area contributed by atoms with Gasteiger partial charge in [-0.15, -0.1) is 0 Å². The van der Waals surface area contributed by atoms with Crippen molar-refractivity contribution in [3.05, 3.63) is 132 Å². The molecule has 0 radical (unpaired) electrons. The van der Waals surface area contributed by atoms with Crippen LogP contribution in [0, 0.1) is 29.1 Å². The minimum absolute atomic E-state index is 0.272. The number of nitrogens with zero attached hydrogens (tertiary/aromatic N) is 5. The second-order valence-electron chi connectivity index (χ2n) is 14.9. The van der Waals surface area contributed by atoms with Crippen LogP contribution in [-0.2, 0) is 5.41 Å². The molecule has 0 amide bonds. The van der Waals surface area contributed by atoms with Crippen molar-refractivity contribution < 1.29 is 0 Å². The van der Waals surface area contributed by atoms with Crippen LogP contribution in [0.25, 0.3) is 61.7 Å². The highest BCUT2D eigenvalue weighted by atomic mass is 15.0. The molecule has 2 aromatic heterocycles. The Labute approximate surface area is 293 Å². The summed E-state index contributed by atoms with van der Waals surface area (Å²) in [5.41, 5.74) is 8.31. The van der Waals surface area contributed by atoms with Crippen LogP contribution >= 0.6 is 0 Å². The Kier molecular flexibility index (Phi) is 7.35. The SMILES string of the molecule is C[C@@H]1C[C@@H]2C[C@H](C)CC(c3ccc(-c4nc(-c5ccccc5)nc(-c5cccc6c5c5ccccc5n6-c5cccc(C#N)c5)n4)cc3)(C1)C2. The largest absolute Gasteiger partial charge is 0.309 e. The minimum atomic E-state index is 0.272. The van der Waals surface area contributed by atoms with Crippen molar-refractivity contribution in [3.63, 3.8) is 0 Å². The molecule has 1 unspecified atom stereocenters. The lowest BCUT2D eigenvalue weighted by Crippen LogP contribution is -2.42. The highest BCUT2D eigenvalue weighted by Crippen LogP contribution is 2.54. The van der Waals surface area contributed by atoms with Crippen molar-refractivity contribution in [2.75, 3.05) is 0 Å². The van der Waals surface area contributed by atoms with Crippen molar-refractivity contribution in [1.82, 2.24) is 19.5 Å². The van der Waals surface area contributed by atoms with Gasteiger partial charge in [0.05, 0.1) is 22.7 Å². The van der Waals surface area contributed by atoms with Crippen LogP contribution < -0.4 is 0 Å². The number of para-hydroxylation sites is 1. The van der Waals surface area contributed by atoms with Crippen LogP contribution in [0.15, 0.2) is 121 Å². The monoisotopic (exact) mass is 649 g/mol. The van der Waals surface area contributed by atoms with E-state index in [-0.39, 0.29) is 5.41 Å². The molecule has 2 fully saturated rings. The number of hydrogen-bond acceptors (Lipinski definition) is 4. The summed E-state index contributed by atoms with van der Waals surface area (Å²) < 4.78 is 2.23. The Morgan fingerprint density at radius 3 is 2.02 bits per heavy atom. The lowest BCUT2D eigenvalue weighted by Gasteiger charge is -2.50. The number of aromatic nitrogens is 4. The Balaban J connectivity index is 1.21. The Hall–Kier alpha value is -5.60. The molecule has 7 aromatic rings. The molecule has 0 aliphatic heterocycles. The van der Waals surface area contributed by atoms with Crippen molar-refractivity contribution in [3.8, 4) is 45.9 Å². The molecule has 244 valence electrons. The first-order chi connectivity index (χ1) is 24.5. The summed E-state index contributed by atoms with van der Waals surface area (Å²) in [7, 11) is 0. The number of hydrogen-bond donors (Lipinski definition) is 0. The molecule has 50 heavy (non-hydrogen) atoms. The second-order valence-corrected chi connectivity index (χ2v) is 14.9. The average molecular weight is 650 g/mol. The van der Waals surface area contributed by atoms with Gasteiger partial charge in [-0.25, -0.2) is 15.0 Å². The predicted molar refractivity (Wildman–Crippen MR) is 202 cm³/mol. The lowest BCUT2D eigenvalue weighted by molar-refractivity contribution is 0.0780. The summed E-state index contributed by atoms with van der Waals surface area (Å²) >= 11 is 0. The maximum absolute atomic E-state index is 9.68. The minimum Gasteiger partial charge on any atom is -0.309 e. The zero-order valence-corrected chi connectivity index (χ0v) is 28.6. The van der Waals surface area contributed by atoms with E-state index in [1.54, 1.807) is 0 Å². The van der Waals surface area contributed by atoms with Gasteiger partial charge < -0.3 is 4.57 Å². The van der Waals surface area contributed by atoms with Crippen LogP contribution in [0.3, 0.4) is 0 Å². The van der Waals surface area contributed by atoms with Crippen molar-refractivity contribution in [2.24, 2.45) is 17.8 Å². The van der Waals surface area contributed by atoms with E-state index in [0.717, 1.165) is 61.9 Å². The maximum atomic E-state index is 9.68. The van der Waals surface area contributed by atoms with Gasteiger partial charge in [0.25, 0.3) is 0 Å². The van der Waals surface area contributed by atoms with Gasteiger partial charge in [0.2, 0.25) is 0 Å². The molecule has 0 N–H and O–H groups in total. The summed E-state index contributed by atoms with van der Waals surface area (Å²) in [6.07, 6.45) is 6.61. The summed E-state index contributed by atoms with van der Waals surface area (Å²) in [5.74, 6) is 4.34. The molecule has 2 aliphatic carbocycles. The zero-order valence-electron chi connectivity index (χ0n) is 28.6. The van der Waals surface area contributed by atoms with E-state index in [1.807, 2.05) is 36.4 Å². The fourth-order valence-electron chi connectivity index (χ4n) is 9.57. The molecule has 0 saturated heterocycles. The molecule has 0 spiro atoms. The first-order valence-corrected chi connectivity index (χ1v) is 17.9. The summed E-state index contributed by atoms with van der Waals surface area (Å²) in [6.45, 7) is 4.90. The van der Waals surface area contributed by atoms with Crippen LogP contribution in [0.5, 0.6) is 0 Å². The fraction of sp³-hybridized carbons (Fsp3) is 0.244. The van der Waals surface area contributed by atoms with E-state index in [1.165, 1.54) is 37.7 Å². The first-order valence-electron chi connectivity index (χ1n) is 17.9. The predicted octanol–water partition coefficient (Wildman–Crippen LogP) is 10.9. The number of rotatable bonds is 5. The Morgan fingerprint density at radius 1 is 0.640 bits per heavy atom. The van der Waals surface area contributed by atoms with E-state index in [2.05, 4.69) is 109 Å². The summed E-state index contributed by atoms with van der Waals surface area (Å²) in [6, 6.07) is 44.2. The third kappa shape index (κ3) is 5.18. The van der Waals surface area contributed by atoms with E-state index in [4.69, 9.17) is 15.0 Å². The van der Waals surface area contributed by atoms with Gasteiger partial charge >= 0.3 is 0 Å². The van der Waals surface area contributed by atoms with Gasteiger partial charge in [-0.05, 0) is 91.2 Å².